The van der Waals surface area contributed by atoms with Crippen LogP contribution in [0.4, 0.5) is 0 Å². The van der Waals surface area contributed by atoms with E-state index in [0.717, 1.165) is 11.1 Å². The molecule has 0 unspecified atom stereocenters. The van der Waals surface area contributed by atoms with Crippen LogP contribution in [-0.4, -0.2) is 51.6 Å². The summed E-state index contributed by atoms with van der Waals surface area (Å²) in [6.07, 6.45) is 1.37. The van der Waals surface area contributed by atoms with Gasteiger partial charge in [0, 0.05) is 17.9 Å². The normalized spacial score (nSPS) is 15.5. The van der Waals surface area contributed by atoms with E-state index in [2.05, 4.69) is 17.1 Å². The Bertz CT molecular complexity index is 910. The Labute approximate surface area is 171 Å². The average Bonchev–Trinajstić information content (AvgIpc) is 3.26. The van der Waals surface area contributed by atoms with Gasteiger partial charge in [-0.1, -0.05) is 29.6 Å². The van der Waals surface area contributed by atoms with Crippen LogP contribution < -0.4 is 0 Å². The molecule has 0 bridgehead atoms. The van der Waals surface area contributed by atoms with Crippen molar-refractivity contribution >= 4 is 35.4 Å². The predicted molar refractivity (Wildman–Crippen MR) is 109 cm³/mol. The number of carbonyl (C=O) groups is 2. The van der Waals surface area contributed by atoms with E-state index in [1.54, 1.807) is 11.8 Å². The number of nitrogens with zero attached hydrogens (tertiary/aromatic N) is 3. The number of esters is 1. The quantitative estimate of drug-likeness (QED) is 0.383. The number of benzene rings is 1. The molecule has 3 rings (SSSR count). The molecule has 148 valence electrons. The fourth-order valence-corrected chi connectivity index (χ4v) is 4.18. The number of ether oxygens (including phenoxy) is 1. The maximum atomic E-state index is 12.1. The Balaban J connectivity index is 1.58. The Kier molecular flexibility index (Phi) is 6.79. The summed E-state index contributed by atoms with van der Waals surface area (Å²) in [5, 5.41) is 9.23. The lowest BCUT2D eigenvalue weighted by Crippen LogP contribution is -2.27. The van der Waals surface area contributed by atoms with Gasteiger partial charge in [-0.25, -0.2) is 4.79 Å². The van der Waals surface area contributed by atoms with E-state index in [-0.39, 0.29) is 5.91 Å². The zero-order chi connectivity index (χ0) is 20.1. The summed E-state index contributed by atoms with van der Waals surface area (Å²) in [7, 11) is 0. The van der Waals surface area contributed by atoms with Gasteiger partial charge in [0.1, 0.15) is 0 Å². The van der Waals surface area contributed by atoms with E-state index in [1.807, 2.05) is 25.1 Å². The summed E-state index contributed by atoms with van der Waals surface area (Å²) >= 11 is 2.72. The highest BCUT2D eigenvalue weighted by Crippen LogP contribution is 2.30. The van der Waals surface area contributed by atoms with Crippen LogP contribution in [0, 0.1) is 13.8 Å². The summed E-state index contributed by atoms with van der Waals surface area (Å²) in [5.74, 6) is 0.907. The largest absolute Gasteiger partial charge is 0.463 e. The topological polar surface area (TPSA) is 85.5 Å². The van der Waals surface area contributed by atoms with Crippen LogP contribution in [0.3, 0.4) is 0 Å². The number of hydrogen-bond donors (Lipinski definition) is 0. The molecule has 2 aromatic rings. The van der Waals surface area contributed by atoms with Gasteiger partial charge >= 0.3 is 5.97 Å². The maximum Gasteiger partial charge on any atom is 0.333 e. The van der Waals surface area contributed by atoms with Gasteiger partial charge in [0.25, 0.3) is 5.22 Å². The van der Waals surface area contributed by atoms with Crippen molar-refractivity contribution in [1.29, 1.82) is 0 Å². The van der Waals surface area contributed by atoms with Gasteiger partial charge in [-0.05, 0) is 44.0 Å². The molecule has 1 aromatic heterocycles. The lowest BCUT2D eigenvalue weighted by molar-refractivity contribution is -0.137. The molecule has 1 amide bonds. The highest BCUT2D eigenvalue weighted by atomic mass is 32.2. The maximum absolute atomic E-state index is 12.1. The molecule has 28 heavy (non-hydrogen) atoms. The van der Waals surface area contributed by atoms with E-state index >= 15 is 0 Å². The fraction of sp³-hybridized carbons (Fsp3) is 0.368. The molecule has 1 aliphatic heterocycles. The molecule has 1 saturated heterocycles. The first kappa shape index (κ1) is 20.5. The molecule has 0 saturated carbocycles. The van der Waals surface area contributed by atoms with Crippen LogP contribution in [0.15, 0.2) is 38.9 Å². The van der Waals surface area contributed by atoms with E-state index in [4.69, 9.17) is 9.15 Å². The summed E-state index contributed by atoms with van der Waals surface area (Å²) < 4.78 is 10.6. The number of hydrogen-bond acceptors (Lipinski definition) is 8. The van der Waals surface area contributed by atoms with Gasteiger partial charge in [-0.2, -0.15) is 0 Å². The predicted octanol–water partition coefficient (Wildman–Crippen LogP) is 3.43. The molecule has 0 aliphatic carbocycles. The second-order valence-electron chi connectivity index (χ2n) is 6.09. The van der Waals surface area contributed by atoms with Gasteiger partial charge in [0.2, 0.25) is 11.8 Å². The van der Waals surface area contributed by atoms with Crippen LogP contribution in [-0.2, 0) is 14.3 Å². The number of amides is 1. The Morgan fingerprint density at radius 2 is 2.18 bits per heavy atom. The Morgan fingerprint density at radius 3 is 2.93 bits per heavy atom. The van der Waals surface area contributed by atoms with Crippen LogP contribution in [0.25, 0.3) is 11.5 Å². The van der Waals surface area contributed by atoms with Crippen molar-refractivity contribution < 1.29 is 18.7 Å². The Morgan fingerprint density at radius 1 is 1.36 bits per heavy atom. The molecule has 9 heteroatoms. The molecular weight excluding hydrogens is 398 g/mol. The minimum Gasteiger partial charge on any atom is -0.463 e. The van der Waals surface area contributed by atoms with Crippen molar-refractivity contribution in [3.8, 4) is 11.5 Å². The summed E-state index contributed by atoms with van der Waals surface area (Å²) in [6.45, 7) is 6.59. The number of aromatic nitrogens is 2. The third kappa shape index (κ3) is 4.96. The molecule has 1 fully saturated rings. The highest BCUT2D eigenvalue weighted by molar-refractivity contribution is 8.04. The van der Waals surface area contributed by atoms with E-state index in [0.29, 0.717) is 40.8 Å². The van der Waals surface area contributed by atoms with Gasteiger partial charge in [0.05, 0.1) is 23.5 Å². The zero-order valence-corrected chi connectivity index (χ0v) is 17.6. The van der Waals surface area contributed by atoms with Crippen molar-refractivity contribution in [3.63, 3.8) is 0 Å². The minimum absolute atomic E-state index is 0.0255. The first-order chi connectivity index (χ1) is 13.5. The second kappa shape index (κ2) is 9.29. The van der Waals surface area contributed by atoms with Crippen molar-refractivity contribution in [2.75, 3.05) is 24.7 Å². The minimum atomic E-state index is -0.438. The Hall–Kier alpha value is -2.26. The molecule has 7 nitrogen and oxygen atoms in total. The van der Waals surface area contributed by atoms with E-state index < -0.39 is 5.97 Å². The SMILES string of the molecule is CCOC(=O)/C=C1\SCC(=O)N1CCSc1nnc(-c2ccc(C)c(C)c2)o1. The fourth-order valence-electron chi connectivity index (χ4n) is 2.54. The lowest BCUT2D eigenvalue weighted by atomic mass is 10.1. The number of thioether (sulfide) groups is 2. The lowest BCUT2D eigenvalue weighted by Gasteiger charge is -2.15. The van der Waals surface area contributed by atoms with Crippen molar-refractivity contribution in [2.24, 2.45) is 0 Å². The van der Waals surface area contributed by atoms with Gasteiger partial charge in [-0.15, -0.1) is 10.2 Å². The number of rotatable bonds is 7. The van der Waals surface area contributed by atoms with Crippen molar-refractivity contribution in [2.45, 2.75) is 26.0 Å². The summed E-state index contributed by atoms with van der Waals surface area (Å²) in [4.78, 5) is 25.3. The molecule has 2 heterocycles. The second-order valence-corrected chi connectivity index (χ2v) is 8.13. The van der Waals surface area contributed by atoms with Crippen molar-refractivity contribution in [3.05, 3.63) is 40.4 Å². The number of carbonyl (C=O) groups excluding carboxylic acids is 2. The van der Waals surface area contributed by atoms with Gasteiger partial charge in [0.15, 0.2) is 0 Å². The smallest absolute Gasteiger partial charge is 0.333 e. The average molecular weight is 420 g/mol. The monoisotopic (exact) mass is 419 g/mol. The van der Waals surface area contributed by atoms with Gasteiger partial charge in [-0.3, -0.25) is 4.79 Å². The van der Waals surface area contributed by atoms with Crippen molar-refractivity contribution in [1.82, 2.24) is 15.1 Å². The summed E-state index contributed by atoms with van der Waals surface area (Å²) in [6, 6.07) is 6.00. The van der Waals surface area contributed by atoms with Crippen LogP contribution in [0.5, 0.6) is 0 Å². The molecule has 1 aromatic carbocycles. The van der Waals surface area contributed by atoms with Gasteiger partial charge < -0.3 is 14.1 Å². The molecule has 0 radical (unpaired) electrons. The zero-order valence-electron chi connectivity index (χ0n) is 15.9. The first-order valence-electron chi connectivity index (χ1n) is 8.83. The summed E-state index contributed by atoms with van der Waals surface area (Å²) in [5.41, 5.74) is 3.25. The molecule has 1 aliphatic rings. The third-order valence-electron chi connectivity index (χ3n) is 4.14. The standard InChI is InChI=1S/C19H21N3O4S2/c1-4-25-17(24)10-16-22(15(23)11-28-16)7-8-27-19-21-20-18(26-19)14-6-5-12(2)13(3)9-14/h5-6,9-10H,4,7-8,11H2,1-3H3/b16-10-. The first-order valence-corrected chi connectivity index (χ1v) is 10.8. The van der Waals surface area contributed by atoms with Crippen LogP contribution in [0.2, 0.25) is 0 Å². The highest BCUT2D eigenvalue weighted by Gasteiger charge is 2.27. The van der Waals surface area contributed by atoms with E-state index in [1.165, 1.54) is 35.2 Å². The number of aryl methyl sites for hydroxylation is 2. The third-order valence-corrected chi connectivity index (χ3v) is 5.96. The molecule has 0 spiro atoms. The van der Waals surface area contributed by atoms with Crippen LogP contribution in [0.1, 0.15) is 18.1 Å². The molecular formula is C19H21N3O4S2. The molecule has 0 atom stereocenters. The van der Waals surface area contributed by atoms with Crippen LogP contribution >= 0.6 is 23.5 Å². The molecule has 0 N–H and O–H groups in total. The van der Waals surface area contributed by atoms with E-state index in [9.17, 15) is 9.59 Å².